The fraction of sp³-hybridized carbons (Fsp3) is 1.00. The van der Waals surface area contributed by atoms with Crippen LogP contribution in [0.1, 0.15) is 52.4 Å². The van der Waals surface area contributed by atoms with Crippen LogP contribution in [-0.2, 0) is 10.4 Å². The van der Waals surface area contributed by atoms with Gasteiger partial charge in [0.15, 0.2) is 0 Å². The van der Waals surface area contributed by atoms with Crippen molar-refractivity contribution in [3.05, 3.63) is 0 Å². The summed E-state index contributed by atoms with van der Waals surface area (Å²) in [6.45, 7) is 4.63. The average Bonchev–Trinajstić information content (AvgIpc) is 2.16. The van der Waals surface area contributed by atoms with E-state index in [1.165, 1.54) is 70.1 Å². The van der Waals surface area contributed by atoms with Gasteiger partial charge < -0.3 is 0 Å². The Kier molecular flexibility index (Phi) is 14.8. The Hall–Kier alpha value is 0.870. The minimum Gasteiger partial charge on any atom is -0.264 e. The Labute approximate surface area is 117 Å². The molecule has 1 atom stereocenters. The van der Waals surface area contributed by atoms with Crippen LogP contribution in [0.3, 0.4) is 0 Å². The third-order valence-electron chi connectivity index (χ3n) is 2.51. The van der Waals surface area contributed by atoms with E-state index in [9.17, 15) is 0 Å². The quantitative estimate of drug-likeness (QED) is 0.546. The van der Waals surface area contributed by atoms with Gasteiger partial charge in [0, 0.05) is 0 Å². The number of rotatable bonds is 7. The smallest absolute Gasteiger partial charge is 0.264 e. The molecule has 0 aliphatic heterocycles. The van der Waals surface area contributed by atoms with E-state index in [4.69, 9.17) is 17.5 Å². The molecule has 4 nitrogen and oxygen atoms in total. The van der Waals surface area contributed by atoms with Crippen molar-refractivity contribution in [2.24, 2.45) is 5.92 Å². The Morgan fingerprint density at radius 2 is 1.56 bits per heavy atom. The van der Waals surface area contributed by atoms with Crippen LogP contribution in [0.2, 0.25) is 3.67 Å². The molecule has 0 aromatic carbocycles. The second kappa shape index (κ2) is 12.3. The van der Waals surface area contributed by atoms with Crippen LogP contribution in [0.25, 0.3) is 0 Å². The number of hydrogen-bond acceptors (Lipinski definition) is 2. The van der Waals surface area contributed by atoms with Crippen LogP contribution in [0.15, 0.2) is 0 Å². The van der Waals surface area contributed by atoms with E-state index in [0.29, 0.717) is 0 Å². The van der Waals surface area contributed by atoms with Gasteiger partial charge in [-0.15, -0.1) is 0 Å². The summed E-state index contributed by atoms with van der Waals surface area (Å²) in [7, 11) is -4.67. The molecule has 0 aliphatic carbocycles. The molecule has 0 rings (SSSR count). The summed E-state index contributed by atoms with van der Waals surface area (Å²) in [5.74, 6) is 1.05. The summed E-state index contributed by atoms with van der Waals surface area (Å²) < 4.78 is 33.1. The van der Waals surface area contributed by atoms with Crippen LogP contribution >= 0.6 is 0 Å². The summed E-state index contributed by atoms with van der Waals surface area (Å²) in [5.41, 5.74) is 0. The molecule has 0 aliphatic rings. The average molecular weight is 262 g/mol. The topological polar surface area (TPSA) is 74.6 Å². The van der Waals surface area contributed by atoms with E-state index >= 15 is 0 Å². The monoisotopic (exact) mass is 262 g/mol. The van der Waals surface area contributed by atoms with Crippen LogP contribution in [0.4, 0.5) is 0 Å². The Morgan fingerprint density at radius 1 is 1.12 bits per heavy atom. The molecule has 16 heavy (non-hydrogen) atoms. The fourth-order valence-electron chi connectivity index (χ4n) is 1.54. The molecule has 0 bridgehead atoms. The normalized spacial score (nSPS) is 12.9. The predicted octanol–water partition coefficient (Wildman–Crippen LogP) is 2.92. The standard InChI is InChI=1S/C10H21.Na.H2O4S/c1-4-7-9-10(6-3)8-5-2;;1-5(2,3)4/h10H,2,4-9H2,1,3H3;;(H2,1,2,3,4). The second-order valence-electron chi connectivity index (χ2n) is 4.01. The van der Waals surface area contributed by atoms with Crippen molar-refractivity contribution >= 4 is 38.3 Å². The molecule has 0 amide bonds. The first-order valence-electron chi connectivity index (χ1n) is 6.04. The van der Waals surface area contributed by atoms with Gasteiger partial charge in [-0.3, -0.25) is 9.11 Å². The third kappa shape index (κ3) is 24.2. The summed E-state index contributed by atoms with van der Waals surface area (Å²) in [5, 5.41) is 0. The molecular weight excluding hydrogens is 239 g/mol. The largest absolute Gasteiger partial charge is 0.394 e. The van der Waals surface area contributed by atoms with Gasteiger partial charge in [0.2, 0.25) is 0 Å². The first kappa shape index (κ1) is 19.2. The minimum absolute atomic E-state index is 1.05. The van der Waals surface area contributed by atoms with Gasteiger partial charge in [0.25, 0.3) is 0 Å². The molecule has 1 unspecified atom stereocenters. The van der Waals surface area contributed by atoms with Crippen molar-refractivity contribution < 1.29 is 17.5 Å². The zero-order chi connectivity index (χ0) is 13.0. The molecule has 6 heteroatoms. The molecule has 0 aromatic rings. The maximum Gasteiger partial charge on any atom is 0.394 e. The SMILES string of the molecule is CCCCC(CC)CC[CH2][Na].O=S(=O)(O)O. The molecular formula is C10H23NaO4S. The van der Waals surface area contributed by atoms with Crippen LogP contribution < -0.4 is 0 Å². The predicted molar refractivity (Wildman–Crippen MR) is 67.3 cm³/mol. The summed E-state index contributed by atoms with van der Waals surface area (Å²) in [6, 6.07) is 0. The summed E-state index contributed by atoms with van der Waals surface area (Å²) in [6.07, 6.45) is 8.70. The first-order valence-corrected chi connectivity index (χ1v) is 8.86. The van der Waals surface area contributed by atoms with Gasteiger partial charge >= 0.3 is 100 Å². The van der Waals surface area contributed by atoms with Crippen molar-refractivity contribution in [1.29, 1.82) is 0 Å². The third-order valence-corrected chi connectivity index (χ3v) is 3.22. The molecule has 2 N–H and O–H groups in total. The van der Waals surface area contributed by atoms with Crippen molar-refractivity contribution in [2.45, 2.75) is 56.0 Å². The molecule has 0 radical (unpaired) electrons. The van der Waals surface area contributed by atoms with Crippen LogP contribution in [0, 0.1) is 5.92 Å². The van der Waals surface area contributed by atoms with Gasteiger partial charge in [-0.05, 0) is 0 Å². The Balaban J connectivity index is 0. The van der Waals surface area contributed by atoms with E-state index in [1.54, 1.807) is 0 Å². The van der Waals surface area contributed by atoms with Gasteiger partial charge in [-0.25, -0.2) is 0 Å². The van der Waals surface area contributed by atoms with Crippen molar-refractivity contribution in [2.75, 3.05) is 0 Å². The van der Waals surface area contributed by atoms with Crippen LogP contribution in [-0.4, -0.2) is 45.5 Å². The van der Waals surface area contributed by atoms with Crippen LogP contribution in [0.5, 0.6) is 0 Å². The van der Waals surface area contributed by atoms with E-state index in [0.717, 1.165) is 5.92 Å². The zero-order valence-corrected chi connectivity index (χ0v) is 13.5. The summed E-state index contributed by atoms with van der Waals surface area (Å²) >= 11 is 1.40. The van der Waals surface area contributed by atoms with E-state index in [2.05, 4.69) is 13.8 Å². The van der Waals surface area contributed by atoms with Gasteiger partial charge in [0.1, 0.15) is 0 Å². The molecule has 0 spiro atoms. The van der Waals surface area contributed by atoms with Crippen molar-refractivity contribution in [3.8, 4) is 0 Å². The van der Waals surface area contributed by atoms with E-state index in [-0.39, 0.29) is 0 Å². The maximum absolute atomic E-state index is 8.74. The minimum atomic E-state index is -4.67. The molecule has 0 saturated heterocycles. The number of unbranched alkanes of at least 4 members (excludes halogenated alkanes) is 1. The van der Waals surface area contributed by atoms with Crippen molar-refractivity contribution in [1.82, 2.24) is 0 Å². The van der Waals surface area contributed by atoms with Gasteiger partial charge in [0.05, 0.1) is 0 Å². The molecule has 0 fully saturated rings. The first-order chi connectivity index (χ1) is 7.35. The molecule has 94 valence electrons. The Bertz CT molecular complexity index is 213. The zero-order valence-electron chi connectivity index (χ0n) is 10.6. The Morgan fingerprint density at radius 3 is 1.88 bits per heavy atom. The van der Waals surface area contributed by atoms with Gasteiger partial charge in [-0.2, -0.15) is 8.42 Å². The van der Waals surface area contributed by atoms with E-state index < -0.39 is 10.4 Å². The maximum atomic E-state index is 8.74. The second-order valence-corrected chi connectivity index (χ2v) is 5.90. The molecule has 0 aromatic heterocycles. The van der Waals surface area contributed by atoms with Crippen molar-refractivity contribution in [3.63, 3.8) is 0 Å². The van der Waals surface area contributed by atoms with E-state index in [1.807, 2.05) is 0 Å². The number of hydrogen-bond donors (Lipinski definition) is 2. The molecule has 0 heterocycles. The summed E-state index contributed by atoms with van der Waals surface area (Å²) in [4.78, 5) is 0. The van der Waals surface area contributed by atoms with Gasteiger partial charge in [-0.1, -0.05) is 0 Å². The fourth-order valence-corrected chi connectivity index (χ4v) is 1.95. The molecule has 0 saturated carbocycles.